The highest BCUT2D eigenvalue weighted by Gasteiger charge is 2.25. The number of carbonyl (C=O) groups is 2. The van der Waals surface area contributed by atoms with Crippen molar-refractivity contribution in [1.29, 1.82) is 0 Å². The first-order valence-electron chi connectivity index (χ1n) is 6.88. The van der Waals surface area contributed by atoms with Crippen LogP contribution in [0.5, 0.6) is 5.75 Å². The van der Waals surface area contributed by atoms with Gasteiger partial charge in [0.1, 0.15) is 11.8 Å². The van der Waals surface area contributed by atoms with Gasteiger partial charge in [-0.15, -0.1) is 0 Å². The summed E-state index contributed by atoms with van der Waals surface area (Å²) >= 11 is 0. The first kappa shape index (κ1) is 17.7. The number of carboxylic acid groups (broad SMARTS) is 1. The average Bonchev–Trinajstić information content (AvgIpc) is 2.49. The highest BCUT2D eigenvalue weighted by Crippen LogP contribution is 2.27. The molecule has 0 heterocycles. The Kier molecular flexibility index (Phi) is 5.05. The number of carbonyl (C=O) groups excluding carboxylic acids is 1. The number of fused-ring (bicyclic) bond motifs is 1. The molecule has 0 aromatic heterocycles. The molecule has 0 aliphatic rings. The van der Waals surface area contributed by atoms with E-state index in [0.29, 0.717) is 10.8 Å². The van der Waals surface area contributed by atoms with Crippen LogP contribution >= 0.6 is 0 Å². The molecule has 0 saturated heterocycles. The van der Waals surface area contributed by atoms with E-state index in [0.717, 1.165) is 0 Å². The average molecular weight is 353 g/mol. The van der Waals surface area contributed by atoms with Gasteiger partial charge >= 0.3 is 5.97 Å². The monoisotopic (exact) mass is 353 g/mol. The lowest BCUT2D eigenvalue weighted by Crippen LogP contribution is -2.42. The molecule has 0 fully saturated rings. The third-order valence-corrected chi connectivity index (χ3v) is 4.15. The van der Waals surface area contributed by atoms with Gasteiger partial charge in [0.25, 0.3) is 16.0 Å². The van der Waals surface area contributed by atoms with Crippen molar-refractivity contribution in [2.45, 2.75) is 12.5 Å². The lowest BCUT2D eigenvalue weighted by molar-refractivity contribution is -0.139. The fourth-order valence-electron chi connectivity index (χ4n) is 2.25. The molecule has 2 aromatic rings. The van der Waals surface area contributed by atoms with Gasteiger partial charge in [0, 0.05) is 0 Å². The van der Waals surface area contributed by atoms with Crippen molar-refractivity contribution in [2.75, 3.05) is 5.75 Å². The smallest absolute Gasteiger partial charge is 0.326 e. The number of amides is 1. The molecule has 1 amide bonds. The van der Waals surface area contributed by atoms with Crippen LogP contribution in [-0.2, 0) is 14.9 Å². The number of hydrogen-bond donors (Lipinski definition) is 4. The number of benzene rings is 2. The minimum absolute atomic E-state index is 0.105. The van der Waals surface area contributed by atoms with E-state index >= 15 is 0 Å². The Hall–Kier alpha value is -2.65. The van der Waals surface area contributed by atoms with Gasteiger partial charge in [0.05, 0.1) is 11.3 Å². The Morgan fingerprint density at radius 2 is 1.79 bits per heavy atom. The summed E-state index contributed by atoms with van der Waals surface area (Å²) in [6.07, 6.45) is -0.508. The molecule has 2 rings (SSSR count). The van der Waals surface area contributed by atoms with Crippen molar-refractivity contribution < 1.29 is 32.8 Å². The predicted molar refractivity (Wildman–Crippen MR) is 85.5 cm³/mol. The van der Waals surface area contributed by atoms with E-state index in [2.05, 4.69) is 5.32 Å². The summed E-state index contributed by atoms with van der Waals surface area (Å²) in [4.78, 5) is 23.6. The van der Waals surface area contributed by atoms with E-state index in [1.165, 1.54) is 6.07 Å². The highest BCUT2D eigenvalue weighted by atomic mass is 32.2. The van der Waals surface area contributed by atoms with E-state index in [1.54, 1.807) is 30.3 Å². The van der Waals surface area contributed by atoms with E-state index in [4.69, 9.17) is 9.66 Å². The first-order chi connectivity index (χ1) is 11.2. The van der Waals surface area contributed by atoms with Crippen LogP contribution in [0, 0.1) is 0 Å². The van der Waals surface area contributed by atoms with E-state index in [-0.39, 0.29) is 11.3 Å². The molecule has 8 nitrogen and oxygen atoms in total. The first-order valence-corrected chi connectivity index (χ1v) is 8.49. The maximum atomic E-state index is 12.4. The summed E-state index contributed by atoms with van der Waals surface area (Å²) in [7, 11) is -4.36. The van der Waals surface area contributed by atoms with Crippen LogP contribution in [0.3, 0.4) is 0 Å². The van der Waals surface area contributed by atoms with Gasteiger partial charge in [0.15, 0.2) is 0 Å². The van der Waals surface area contributed by atoms with Crippen molar-refractivity contribution in [1.82, 2.24) is 5.32 Å². The van der Waals surface area contributed by atoms with Gasteiger partial charge in [-0.2, -0.15) is 8.42 Å². The lowest BCUT2D eigenvalue weighted by Gasteiger charge is -2.15. The van der Waals surface area contributed by atoms with Crippen molar-refractivity contribution in [3.8, 4) is 5.75 Å². The third-order valence-electron chi connectivity index (χ3n) is 3.40. The molecule has 0 unspecified atom stereocenters. The summed E-state index contributed by atoms with van der Waals surface area (Å²) in [5.74, 6) is -3.45. The minimum atomic E-state index is -4.36. The summed E-state index contributed by atoms with van der Waals surface area (Å²) in [5.41, 5.74) is -0.105. The van der Waals surface area contributed by atoms with Crippen LogP contribution < -0.4 is 5.32 Å². The second-order valence-corrected chi connectivity index (χ2v) is 6.69. The van der Waals surface area contributed by atoms with Crippen LogP contribution in [0.25, 0.3) is 10.8 Å². The summed E-state index contributed by atoms with van der Waals surface area (Å²) in [5, 5.41) is 22.3. The number of phenols is 1. The second kappa shape index (κ2) is 6.85. The molecule has 0 saturated carbocycles. The molecule has 1 atom stereocenters. The molecular formula is C15H15NO7S. The van der Waals surface area contributed by atoms with E-state index in [1.807, 2.05) is 0 Å². The molecule has 24 heavy (non-hydrogen) atoms. The SMILES string of the molecule is O=C(N[C@@H](CCS(=O)(=O)O)C(=O)O)c1c(O)ccc2ccccc12. The van der Waals surface area contributed by atoms with Crippen LogP contribution in [0.15, 0.2) is 36.4 Å². The van der Waals surface area contributed by atoms with Crippen LogP contribution in [0.4, 0.5) is 0 Å². The van der Waals surface area contributed by atoms with E-state index < -0.39 is 40.2 Å². The Balaban J connectivity index is 2.31. The molecule has 0 radical (unpaired) electrons. The Bertz CT molecular complexity index is 892. The number of aliphatic carboxylic acids is 1. The number of nitrogens with one attached hydrogen (secondary N) is 1. The second-order valence-electron chi connectivity index (χ2n) is 5.12. The molecule has 0 aliphatic heterocycles. The molecule has 0 bridgehead atoms. The Morgan fingerprint density at radius 1 is 1.12 bits per heavy atom. The van der Waals surface area contributed by atoms with Gasteiger partial charge in [-0.25, -0.2) is 4.79 Å². The third kappa shape index (κ3) is 4.21. The zero-order chi connectivity index (χ0) is 17.9. The van der Waals surface area contributed by atoms with Gasteiger partial charge in [-0.3, -0.25) is 9.35 Å². The normalized spacial score (nSPS) is 12.7. The maximum Gasteiger partial charge on any atom is 0.326 e. The van der Waals surface area contributed by atoms with Crippen LogP contribution in [0.1, 0.15) is 16.8 Å². The largest absolute Gasteiger partial charge is 0.507 e. The van der Waals surface area contributed by atoms with E-state index in [9.17, 15) is 23.1 Å². The fraction of sp³-hybridized carbons (Fsp3) is 0.200. The molecule has 0 spiro atoms. The quantitative estimate of drug-likeness (QED) is 0.568. The van der Waals surface area contributed by atoms with Gasteiger partial charge < -0.3 is 15.5 Å². The minimum Gasteiger partial charge on any atom is -0.507 e. The molecule has 2 aromatic carbocycles. The van der Waals surface area contributed by atoms with Gasteiger partial charge in [0.2, 0.25) is 0 Å². The standard InChI is InChI=1S/C15H15NO7S/c17-12-6-5-9-3-1-2-4-10(9)13(12)14(18)16-11(15(19)20)7-8-24(21,22)23/h1-6,11,17H,7-8H2,(H,16,18)(H,19,20)(H,21,22,23)/t11-/m0/s1. The number of carboxylic acids is 1. The van der Waals surface area contributed by atoms with Crippen molar-refractivity contribution >= 4 is 32.8 Å². The molecule has 0 aliphatic carbocycles. The van der Waals surface area contributed by atoms with Crippen LogP contribution in [-0.4, -0.2) is 46.9 Å². The molecule has 4 N–H and O–H groups in total. The number of aromatic hydroxyl groups is 1. The highest BCUT2D eigenvalue weighted by molar-refractivity contribution is 7.85. The van der Waals surface area contributed by atoms with Crippen molar-refractivity contribution in [2.24, 2.45) is 0 Å². The van der Waals surface area contributed by atoms with Crippen molar-refractivity contribution in [3.63, 3.8) is 0 Å². The van der Waals surface area contributed by atoms with Gasteiger partial charge in [-0.05, 0) is 23.3 Å². The zero-order valence-corrected chi connectivity index (χ0v) is 13.2. The van der Waals surface area contributed by atoms with Gasteiger partial charge in [-0.1, -0.05) is 30.3 Å². The number of rotatable bonds is 6. The van der Waals surface area contributed by atoms with Crippen LogP contribution in [0.2, 0.25) is 0 Å². The lowest BCUT2D eigenvalue weighted by atomic mass is 10.0. The number of hydrogen-bond acceptors (Lipinski definition) is 5. The Labute approximate surface area is 137 Å². The summed E-state index contributed by atoms with van der Waals surface area (Å²) in [6, 6.07) is 8.10. The fourth-order valence-corrected chi connectivity index (χ4v) is 2.79. The Morgan fingerprint density at radius 3 is 2.42 bits per heavy atom. The molecule has 128 valence electrons. The maximum absolute atomic E-state index is 12.4. The summed E-state index contributed by atoms with van der Waals surface area (Å²) in [6.45, 7) is 0. The summed E-state index contributed by atoms with van der Waals surface area (Å²) < 4.78 is 30.2. The zero-order valence-electron chi connectivity index (χ0n) is 12.3. The van der Waals surface area contributed by atoms with Crippen molar-refractivity contribution in [3.05, 3.63) is 42.0 Å². The number of phenolic OH excluding ortho intramolecular Hbond substituents is 1. The topological polar surface area (TPSA) is 141 Å². The predicted octanol–water partition coefficient (Wildman–Crippen LogP) is 1.01. The molecule has 9 heteroatoms. The molecular weight excluding hydrogens is 338 g/mol.